The van der Waals surface area contributed by atoms with Gasteiger partial charge in [0.1, 0.15) is 11.1 Å². The number of nitrogens with one attached hydrogen (secondary N) is 1. The normalized spacial score (nSPS) is 12.6. The third-order valence-corrected chi connectivity index (χ3v) is 5.00. The molecule has 3 nitrogen and oxygen atoms in total. The lowest BCUT2D eigenvalue weighted by atomic mass is 9.96. The van der Waals surface area contributed by atoms with Crippen LogP contribution in [0.15, 0.2) is 24.5 Å². The molecule has 0 saturated heterocycles. The van der Waals surface area contributed by atoms with Gasteiger partial charge in [-0.2, -0.15) is 5.26 Å². The lowest BCUT2D eigenvalue weighted by Crippen LogP contribution is -2.00. The van der Waals surface area contributed by atoms with Crippen molar-refractivity contribution in [1.82, 2.24) is 4.98 Å². The highest BCUT2D eigenvalue weighted by molar-refractivity contribution is 7.16. The Morgan fingerprint density at radius 3 is 2.73 bits per heavy atom. The molecule has 0 fully saturated rings. The first-order chi connectivity index (χ1) is 10.8. The second-order valence-corrected chi connectivity index (χ2v) is 6.38. The van der Waals surface area contributed by atoms with E-state index in [4.69, 9.17) is 5.26 Å². The smallest absolute Gasteiger partial charge is 0.107 e. The zero-order chi connectivity index (χ0) is 15.8. The molecule has 0 amide bonds. The van der Waals surface area contributed by atoms with Crippen LogP contribution in [0, 0.1) is 11.3 Å². The van der Waals surface area contributed by atoms with Gasteiger partial charge in [0.05, 0.1) is 5.56 Å². The molecule has 2 aromatic rings. The molecule has 3 rings (SSSR count). The van der Waals surface area contributed by atoms with Gasteiger partial charge in [-0.25, -0.2) is 0 Å². The molecule has 1 aliphatic carbocycles. The molecule has 0 atom stereocenters. The Labute approximate surface area is 137 Å². The third kappa shape index (κ3) is 4.08. The first-order valence-corrected chi connectivity index (χ1v) is 8.79. The van der Waals surface area contributed by atoms with E-state index in [1.54, 1.807) is 17.5 Å². The molecule has 2 heterocycles. The van der Waals surface area contributed by atoms with E-state index in [1.165, 1.54) is 35.3 Å². The molecular formula is C18H23N3S. The van der Waals surface area contributed by atoms with Crippen molar-refractivity contribution in [2.24, 2.45) is 0 Å². The van der Waals surface area contributed by atoms with Gasteiger partial charge in [-0.3, -0.25) is 4.98 Å². The monoisotopic (exact) mass is 313 g/mol. The number of nitrogens with zero attached hydrogens (tertiary/aromatic N) is 2. The maximum Gasteiger partial charge on any atom is 0.107 e. The van der Waals surface area contributed by atoms with Crippen LogP contribution in [-0.2, 0) is 19.3 Å². The lowest BCUT2D eigenvalue weighted by Gasteiger charge is -2.09. The molecule has 0 aliphatic heterocycles. The summed E-state index contributed by atoms with van der Waals surface area (Å²) in [5.41, 5.74) is 3.53. The van der Waals surface area contributed by atoms with Crippen molar-refractivity contribution in [2.45, 2.75) is 46.0 Å². The zero-order valence-electron chi connectivity index (χ0n) is 13.4. The standard InChI is InChI=1S/C11H14N2S.C7H9N/c1-2-13-11-9(7-12)8-5-3-4-6-10(8)14-11;1-2-7-4-3-5-8-6-7/h13H,2-6H2,1H3;3-6H,2H2,1H3. The van der Waals surface area contributed by atoms with Crippen LogP contribution < -0.4 is 5.32 Å². The van der Waals surface area contributed by atoms with Crippen LogP contribution in [-0.4, -0.2) is 11.5 Å². The van der Waals surface area contributed by atoms with E-state index in [0.29, 0.717) is 0 Å². The molecule has 22 heavy (non-hydrogen) atoms. The Kier molecular flexibility index (Phi) is 6.42. The van der Waals surface area contributed by atoms with E-state index < -0.39 is 0 Å². The predicted octanol–water partition coefficient (Wildman–Crippen LogP) is 4.57. The first-order valence-electron chi connectivity index (χ1n) is 7.97. The Morgan fingerprint density at radius 2 is 2.14 bits per heavy atom. The summed E-state index contributed by atoms with van der Waals surface area (Å²) >= 11 is 1.78. The molecule has 0 saturated carbocycles. The molecule has 4 heteroatoms. The van der Waals surface area contributed by atoms with E-state index >= 15 is 0 Å². The molecule has 2 aromatic heterocycles. The highest BCUT2D eigenvalue weighted by Crippen LogP contribution is 2.37. The zero-order valence-corrected chi connectivity index (χ0v) is 14.2. The molecule has 1 N–H and O–H groups in total. The van der Waals surface area contributed by atoms with Crippen molar-refractivity contribution in [3.05, 3.63) is 46.1 Å². The van der Waals surface area contributed by atoms with Crippen molar-refractivity contribution < 1.29 is 0 Å². The number of aryl methyl sites for hydroxylation is 2. The Hall–Kier alpha value is -1.86. The maximum absolute atomic E-state index is 9.11. The van der Waals surface area contributed by atoms with Crippen molar-refractivity contribution in [3.8, 4) is 6.07 Å². The van der Waals surface area contributed by atoms with Crippen molar-refractivity contribution in [1.29, 1.82) is 5.26 Å². The number of thiophene rings is 1. The van der Waals surface area contributed by atoms with Gasteiger partial charge in [0.2, 0.25) is 0 Å². The van der Waals surface area contributed by atoms with Gasteiger partial charge in [-0.15, -0.1) is 11.3 Å². The Morgan fingerprint density at radius 1 is 1.32 bits per heavy atom. The van der Waals surface area contributed by atoms with Crippen molar-refractivity contribution >= 4 is 16.3 Å². The van der Waals surface area contributed by atoms with Gasteiger partial charge in [0, 0.05) is 23.8 Å². The fraction of sp³-hybridized carbons (Fsp3) is 0.444. The number of rotatable bonds is 3. The number of pyridine rings is 1. The van der Waals surface area contributed by atoms with Gasteiger partial charge in [-0.1, -0.05) is 13.0 Å². The predicted molar refractivity (Wildman–Crippen MR) is 93.5 cm³/mol. The summed E-state index contributed by atoms with van der Waals surface area (Å²) in [5, 5.41) is 13.5. The van der Waals surface area contributed by atoms with Gasteiger partial charge in [0.15, 0.2) is 0 Å². The molecule has 0 aromatic carbocycles. The number of fused-ring (bicyclic) bond motifs is 1. The Bertz CT molecular complexity index is 626. The summed E-state index contributed by atoms with van der Waals surface area (Å²) in [4.78, 5) is 5.39. The van der Waals surface area contributed by atoms with Gasteiger partial charge in [0.25, 0.3) is 0 Å². The van der Waals surface area contributed by atoms with Crippen LogP contribution in [0.25, 0.3) is 0 Å². The SMILES string of the molecule is CCNc1sc2c(c1C#N)CCCC2.CCc1cccnc1. The van der Waals surface area contributed by atoms with Gasteiger partial charge >= 0.3 is 0 Å². The summed E-state index contributed by atoms with van der Waals surface area (Å²) in [5.74, 6) is 0. The van der Waals surface area contributed by atoms with E-state index in [-0.39, 0.29) is 0 Å². The Balaban J connectivity index is 0.000000188. The van der Waals surface area contributed by atoms with Gasteiger partial charge in [-0.05, 0) is 56.2 Å². The lowest BCUT2D eigenvalue weighted by molar-refractivity contribution is 0.696. The third-order valence-electron chi connectivity index (χ3n) is 3.75. The first kappa shape index (κ1) is 16.5. The summed E-state index contributed by atoms with van der Waals surface area (Å²) in [6, 6.07) is 6.37. The molecular weight excluding hydrogens is 290 g/mol. The highest BCUT2D eigenvalue weighted by atomic mass is 32.1. The fourth-order valence-corrected chi connectivity index (χ4v) is 3.88. The minimum absolute atomic E-state index is 0.897. The molecule has 1 aliphatic rings. The van der Waals surface area contributed by atoms with E-state index in [2.05, 4.69) is 36.3 Å². The maximum atomic E-state index is 9.11. The largest absolute Gasteiger partial charge is 0.376 e. The summed E-state index contributed by atoms with van der Waals surface area (Å²) < 4.78 is 0. The van der Waals surface area contributed by atoms with Crippen LogP contribution in [0.2, 0.25) is 0 Å². The molecule has 0 radical (unpaired) electrons. The molecule has 0 unspecified atom stereocenters. The molecule has 0 bridgehead atoms. The number of hydrogen-bond acceptors (Lipinski definition) is 4. The van der Waals surface area contributed by atoms with E-state index in [0.717, 1.165) is 30.0 Å². The molecule has 0 spiro atoms. The van der Waals surface area contributed by atoms with Crippen LogP contribution in [0.1, 0.15) is 48.3 Å². The second kappa shape index (κ2) is 8.55. The topological polar surface area (TPSA) is 48.7 Å². The molecule has 116 valence electrons. The summed E-state index contributed by atoms with van der Waals surface area (Å²) in [6.07, 6.45) is 9.54. The number of anilines is 1. The number of aromatic nitrogens is 1. The minimum atomic E-state index is 0.897. The van der Waals surface area contributed by atoms with Crippen LogP contribution >= 0.6 is 11.3 Å². The van der Waals surface area contributed by atoms with E-state index in [9.17, 15) is 0 Å². The fourth-order valence-electron chi connectivity index (χ4n) is 2.58. The van der Waals surface area contributed by atoms with Crippen LogP contribution in [0.5, 0.6) is 0 Å². The van der Waals surface area contributed by atoms with E-state index in [1.807, 2.05) is 12.3 Å². The quantitative estimate of drug-likeness (QED) is 0.902. The van der Waals surface area contributed by atoms with Crippen LogP contribution in [0.4, 0.5) is 5.00 Å². The summed E-state index contributed by atoms with van der Waals surface area (Å²) in [6.45, 7) is 5.09. The van der Waals surface area contributed by atoms with Crippen molar-refractivity contribution in [3.63, 3.8) is 0 Å². The number of hydrogen-bond donors (Lipinski definition) is 1. The minimum Gasteiger partial charge on any atom is -0.376 e. The average molecular weight is 313 g/mol. The van der Waals surface area contributed by atoms with Crippen LogP contribution in [0.3, 0.4) is 0 Å². The highest BCUT2D eigenvalue weighted by Gasteiger charge is 2.19. The second-order valence-electron chi connectivity index (χ2n) is 5.27. The average Bonchev–Trinajstić information content (AvgIpc) is 2.93. The van der Waals surface area contributed by atoms with Gasteiger partial charge < -0.3 is 5.32 Å². The summed E-state index contributed by atoms with van der Waals surface area (Å²) in [7, 11) is 0. The number of nitriles is 1. The van der Waals surface area contributed by atoms with Crippen molar-refractivity contribution in [2.75, 3.05) is 11.9 Å².